The van der Waals surface area contributed by atoms with Crippen molar-refractivity contribution in [1.82, 2.24) is 20.5 Å². The minimum atomic E-state index is -1.54. The van der Waals surface area contributed by atoms with E-state index in [9.17, 15) is 9.59 Å². The van der Waals surface area contributed by atoms with E-state index in [0.717, 1.165) is 5.56 Å². The summed E-state index contributed by atoms with van der Waals surface area (Å²) in [6, 6.07) is 8.44. The molecule has 2 amide bonds. The Bertz CT molecular complexity index is 598. The molecule has 0 saturated carbocycles. The highest BCUT2D eigenvalue weighted by molar-refractivity contribution is 5.87. The van der Waals surface area contributed by atoms with Crippen LogP contribution in [0, 0.1) is 0 Å². The molecule has 2 aromatic rings. The number of urea groups is 1. The highest BCUT2D eigenvalue weighted by Crippen LogP contribution is 2.05. The lowest BCUT2D eigenvalue weighted by atomic mass is 10.2. The number of carboxylic acid groups (broad SMARTS) is 1. The van der Waals surface area contributed by atoms with E-state index in [-0.39, 0.29) is 5.95 Å². The average molecular weight is 277 g/mol. The molecule has 0 bridgehead atoms. The smallest absolute Gasteiger partial charge is 0.449 e. The van der Waals surface area contributed by atoms with Gasteiger partial charge < -0.3 is 15.2 Å². The molecule has 0 saturated heterocycles. The van der Waals surface area contributed by atoms with Gasteiger partial charge in [0.1, 0.15) is 0 Å². The summed E-state index contributed by atoms with van der Waals surface area (Å²) in [5, 5.41) is 19.1. The number of nitrogens with one attached hydrogen (secondary N) is 3. The van der Waals surface area contributed by atoms with Gasteiger partial charge in [0.15, 0.2) is 0 Å². The highest BCUT2D eigenvalue weighted by atomic mass is 16.7. The maximum atomic E-state index is 11.6. The first-order valence-corrected chi connectivity index (χ1v) is 5.55. The first-order valence-electron chi connectivity index (χ1n) is 5.55. The van der Waals surface area contributed by atoms with Crippen LogP contribution in [0.25, 0.3) is 0 Å². The number of carbonyl (C=O) groups excluding carboxylic acids is 1. The lowest BCUT2D eigenvalue weighted by Crippen LogP contribution is -2.28. The van der Waals surface area contributed by atoms with Crippen LogP contribution in [0.3, 0.4) is 0 Å². The van der Waals surface area contributed by atoms with E-state index in [1.165, 1.54) is 0 Å². The number of H-pyrrole nitrogens is 1. The molecule has 0 unspecified atom stereocenters. The van der Waals surface area contributed by atoms with Gasteiger partial charge in [-0.05, 0) is 5.56 Å². The Hall–Kier alpha value is -3.10. The summed E-state index contributed by atoms with van der Waals surface area (Å²) in [6.07, 6.45) is -1.54. The topological polar surface area (TPSA) is 129 Å². The maximum absolute atomic E-state index is 11.6. The van der Waals surface area contributed by atoms with Crippen LogP contribution in [-0.2, 0) is 6.54 Å². The van der Waals surface area contributed by atoms with Crippen molar-refractivity contribution in [3.8, 4) is 6.01 Å². The lowest BCUT2D eigenvalue weighted by Gasteiger charge is -2.04. The molecule has 2 rings (SSSR count). The van der Waals surface area contributed by atoms with Gasteiger partial charge in [-0.15, -0.1) is 5.10 Å². The summed E-state index contributed by atoms with van der Waals surface area (Å²) in [5.74, 6) is -0.0215. The van der Waals surface area contributed by atoms with Crippen molar-refractivity contribution in [2.24, 2.45) is 0 Å². The molecule has 0 aliphatic heterocycles. The monoisotopic (exact) mass is 277 g/mol. The Labute approximate surface area is 113 Å². The largest absolute Gasteiger partial charge is 0.513 e. The van der Waals surface area contributed by atoms with Crippen LogP contribution in [0.4, 0.5) is 15.5 Å². The number of nitrogens with zero attached hydrogens (tertiary/aromatic N) is 2. The van der Waals surface area contributed by atoms with Crippen LogP contribution in [0.15, 0.2) is 30.3 Å². The van der Waals surface area contributed by atoms with E-state index in [2.05, 4.69) is 30.6 Å². The molecule has 20 heavy (non-hydrogen) atoms. The summed E-state index contributed by atoms with van der Waals surface area (Å²) >= 11 is 0. The summed E-state index contributed by atoms with van der Waals surface area (Å²) < 4.78 is 4.20. The molecular formula is C11H11N5O4. The number of aromatic nitrogens is 3. The van der Waals surface area contributed by atoms with Crippen molar-refractivity contribution < 1.29 is 19.4 Å². The number of amides is 2. The van der Waals surface area contributed by atoms with Crippen LogP contribution in [-0.4, -0.2) is 32.5 Å². The molecule has 0 spiro atoms. The first-order chi connectivity index (χ1) is 9.63. The molecule has 1 aromatic carbocycles. The van der Waals surface area contributed by atoms with E-state index >= 15 is 0 Å². The van der Waals surface area contributed by atoms with E-state index < -0.39 is 18.2 Å². The average Bonchev–Trinajstić information content (AvgIpc) is 2.84. The summed E-state index contributed by atoms with van der Waals surface area (Å²) in [6.45, 7) is 0.347. The Kier molecular flexibility index (Phi) is 4.12. The third-order valence-electron chi connectivity index (χ3n) is 2.17. The number of hydrogen-bond donors (Lipinski definition) is 4. The van der Waals surface area contributed by atoms with Crippen molar-refractivity contribution in [2.45, 2.75) is 6.54 Å². The minimum absolute atomic E-state index is 0.0215. The molecule has 104 valence electrons. The summed E-state index contributed by atoms with van der Waals surface area (Å²) in [4.78, 5) is 25.4. The second kappa shape index (κ2) is 6.18. The van der Waals surface area contributed by atoms with E-state index in [4.69, 9.17) is 5.11 Å². The number of ether oxygens (including phenoxy) is 1. The van der Waals surface area contributed by atoms with E-state index in [0.29, 0.717) is 6.54 Å². The predicted molar refractivity (Wildman–Crippen MR) is 67.3 cm³/mol. The van der Waals surface area contributed by atoms with Crippen LogP contribution >= 0.6 is 0 Å². The number of carbonyl (C=O) groups is 2. The van der Waals surface area contributed by atoms with Crippen LogP contribution in [0.2, 0.25) is 0 Å². The first kappa shape index (κ1) is 13.3. The third kappa shape index (κ3) is 3.98. The van der Waals surface area contributed by atoms with E-state index in [1.807, 2.05) is 30.3 Å². The number of aromatic amines is 1. The zero-order chi connectivity index (χ0) is 14.4. The standard InChI is InChI=1S/C11H11N5O4/c17-9(12-6-7-4-2-1-3-5-7)13-8-14-10(16-15-8)20-11(18)19/h1-5H,6H2,(H,18,19)(H3,12,13,14,15,16,17). The van der Waals surface area contributed by atoms with Gasteiger partial charge >= 0.3 is 18.2 Å². The zero-order valence-electron chi connectivity index (χ0n) is 10.2. The van der Waals surface area contributed by atoms with Crippen LogP contribution in [0.5, 0.6) is 6.01 Å². The van der Waals surface area contributed by atoms with Gasteiger partial charge in [-0.1, -0.05) is 30.3 Å². The normalized spacial score (nSPS) is 9.80. The number of benzene rings is 1. The van der Waals surface area contributed by atoms with Gasteiger partial charge in [-0.25, -0.2) is 14.7 Å². The number of rotatable bonds is 4. The number of hydrogen-bond acceptors (Lipinski definition) is 5. The molecule has 4 N–H and O–H groups in total. The van der Waals surface area contributed by atoms with E-state index in [1.54, 1.807) is 0 Å². The second-order valence-electron chi connectivity index (χ2n) is 3.63. The predicted octanol–water partition coefficient (Wildman–Crippen LogP) is 1.18. The van der Waals surface area contributed by atoms with Crippen molar-refractivity contribution in [3.05, 3.63) is 35.9 Å². The number of anilines is 1. The molecule has 9 nitrogen and oxygen atoms in total. The van der Waals surface area contributed by atoms with Crippen LogP contribution in [0.1, 0.15) is 5.56 Å². The van der Waals surface area contributed by atoms with Crippen molar-refractivity contribution in [1.29, 1.82) is 0 Å². The Balaban J connectivity index is 1.82. The van der Waals surface area contributed by atoms with Gasteiger partial charge in [0.2, 0.25) is 5.95 Å². The maximum Gasteiger partial charge on any atom is 0.513 e. The van der Waals surface area contributed by atoms with Gasteiger partial charge in [0.05, 0.1) is 0 Å². The third-order valence-corrected chi connectivity index (χ3v) is 2.17. The Morgan fingerprint density at radius 3 is 2.75 bits per heavy atom. The molecular weight excluding hydrogens is 266 g/mol. The molecule has 9 heteroatoms. The van der Waals surface area contributed by atoms with Gasteiger partial charge in [0.25, 0.3) is 0 Å². The van der Waals surface area contributed by atoms with Crippen LogP contribution < -0.4 is 15.4 Å². The lowest BCUT2D eigenvalue weighted by molar-refractivity contribution is 0.140. The fourth-order valence-corrected chi connectivity index (χ4v) is 1.36. The molecule has 1 aromatic heterocycles. The van der Waals surface area contributed by atoms with Gasteiger partial charge in [0, 0.05) is 6.54 Å². The Morgan fingerprint density at radius 1 is 1.30 bits per heavy atom. The van der Waals surface area contributed by atoms with Crippen molar-refractivity contribution in [3.63, 3.8) is 0 Å². The van der Waals surface area contributed by atoms with Gasteiger partial charge in [-0.2, -0.15) is 4.98 Å². The molecule has 0 aliphatic carbocycles. The van der Waals surface area contributed by atoms with Crippen molar-refractivity contribution in [2.75, 3.05) is 5.32 Å². The SMILES string of the molecule is O=C(NCc1ccccc1)Nc1nc(OC(=O)O)n[nH]1. The van der Waals surface area contributed by atoms with Crippen molar-refractivity contribution >= 4 is 18.1 Å². The highest BCUT2D eigenvalue weighted by Gasteiger charge is 2.10. The molecule has 0 atom stereocenters. The second-order valence-corrected chi connectivity index (χ2v) is 3.63. The summed E-state index contributed by atoms with van der Waals surface area (Å²) in [7, 11) is 0. The summed E-state index contributed by atoms with van der Waals surface area (Å²) in [5.41, 5.74) is 0.940. The fraction of sp³-hybridized carbons (Fsp3) is 0.0909. The minimum Gasteiger partial charge on any atom is -0.449 e. The Morgan fingerprint density at radius 2 is 2.05 bits per heavy atom. The fourth-order valence-electron chi connectivity index (χ4n) is 1.36. The molecule has 0 aliphatic rings. The molecule has 1 heterocycles. The molecule has 0 radical (unpaired) electrons. The quantitative estimate of drug-likeness (QED) is 0.621. The molecule has 0 fully saturated rings. The van der Waals surface area contributed by atoms with Gasteiger partial charge in [-0.3, -0.25) is 5.32 Å². The zero-order valence-corrected chi connectivity index (χ0v) is 10.2.